The van der Waals surface area contributed by atoms with Gasteiger partial charge in [-0.3, -0.25) is 9.59 Å². The zero-order valence-electron chi connectivity index (χ0n) is 15.3. The number of amidine groups is 1. The Bertz CT molecular complexity index is 1090. The topological polar surface area (TPSA) is 105 Å². The molecule has 11 heteroatoms. The molecule has 1 aliphatic heterocycles. The Balaban J connectivity index is 1.84. The summed E-state index contributed by atoms with van der Waals surface area (Å²) in [5, 5.41) is 7.62. The Morgan fingerprint density at radius 1 is 1.17 bits per heavy atom. The van der Waals surface area contributed by atoms with Gasteiger partial charge in [-0.05, 0) is 29.8 Å². The fourth-order valence-electron chi connectivity index (χ4n) is 2.47. The van der Waals surface area contributed by atoms with Gasteiger partial charge in [0.05, 0.1) is 5.02 Å². The van der Waals surface area contributed by atoms with E-state index in [9.17, 15) is 18.0 Å². The zero-order chi connectivity index (χ0) is 21.2. The fourth-order valence-corrected chi connectivity index (χ4v) is 4.84. The van der Waals surface area contributed by atoms with E-state index in [1.165, 1.54) is 43.1 Å². The molecular formula is C18H16ClN3O5S2. The molecule has 0 fully saturated rings. The lowest BCUT2D eigenvalue weighted by atomic mass is 10.2. The van der Waals surface area contributed by atoms with Gasteiger partial charge in [0, 0.05) is 13.8 Å². The molecule has 3 rings (SSSR count). The van der Waals surface area contributed by atoms with Gasteiger partial charge in [-0.15, -0.1) is 5.10 Å². The van der Waals surface area contributed by atoms with Gasteiger partial charge in [0.2, 0.25) is 11.8 Å². The Kier molecular flexibility index (Phi) is 6.15. The molecule has 29 heavy (non-hydrogen) atoms. The van der Waals surface area contributed by atoms with Crippen LogP contribution in [0.3, 0.4) is 0 Å². The molecule has 1 heterocycles. The van der Waals surface area contributed by atoms with Gasteiger partial charge in [0.25, 0.3) is 0 Å². The zero-order valence-corrected chi connectivity index (χ0v) is 17.7. The third-order valence-electron chi connectivity index (χ3n) is 3.72. The van der Waals surface area contributed by atoms with Gasteiger partial charge in [-0.2, -0.15) is 8.42 Å². The molecule has 0 aliphatic carbocycles. The highest BCUT2D eigenvalue weighted by Gasteiger charge is 2.33. The van der Waals surface area contributed by atoms with Crippen LogP contribution < -0.4 is 9.50 Å². The van der Waals surface area contributed by atoms with Crippen LogP contribution >= 0.6 is 23.4 Å². The number of carbonyl (C=O) groups excluding carboxylic acids is 2. The van der Waals surface area contributed by atoms with Crippen LogP contribution in [-0.4, -0.2) is 30.4 Å². The van der Waals surface area contributed by atoms with Crippen LogP contribution in [0.25, 0.3) is 0 Å². The molecule has 0 spiro atoms. The summed E-state index contributed by atoms with van der Waals surface area (Å²) in [6.45, 7) is 2.68. The van der Waals surface area contributed by atoms with Gasteiger partial charge in [0.1, 0.15) is 10.3 Å². The number of rotatable bonds is 4. The van der Waals surface area contributed by atoms with Crippen molar-refractivity contribution >= 4 is 50.5 Å². The number of nitrogens with one attached hydrogen (secondary N) is 1. The van der Waals surface area contributed by atoms with Crippen LogP contribution in [0.1, 0.15) is 24.8 Å². The van der Waals surface area contributed by atoms with Crippen LogP contribution in [0.15, 0.2) is 58.5 Å². The smallest absolute Gasteiger partial charge is 0.339 e. The molecule has 8 nitrogen and oxygen atoms in total. The lowest BCUT2D eigenvalue weighted by Crippen LogP contribution is -2.25. The van der Waals surface area contributed by atoms with Gasteiger partial charge in [-0.1, -0.05) is 47.6 Å². The second-order valence-corrected chi connectivity index (χ2v) is 8.98. The monoisotopic (exact) mass is 453 g/mol. The Morgan fingerprint density at radius 2 is 1.86 bits per heavy atom. The van der Waals surface area contributed by atoms with Crippen molar-refractivity contribution < 1.29 is 22.2 Å². The number of thioether (sulfide) groups is 1. The molecule has 1 N–H and O–H groups in total. The second-order valence-electron chi connectivity index (χ2n) is 5.96. The Morgan fingerprint density at radius 3 is 2.45 bits per heavy atom. The highest BCUT2D eigenvalue weighted by atomic mass is 35.5. The number of amides is 2. The number of hydrogen-bond donors (Lipinski definition) is 1. The van der Waals surface area contributed by atoms with E-state index in [1.54, 1.807) is 24.3 Å². The normalized spacial score (nSPS) is 16.3. The summed E-state index contributed by atoms with van der Waals surface area (Å²) >= 11 is 7.40. The molecule has 0 aromatic heterocycles. The molecule has 1 aliphatic rings. The standard InChI is InChI=1S/C18H16ClN3O5S2/c1-11(23)20-18-21-22(12(2)24)17(28-18)13-8-9-16(15(19)10-13)27-29(25,26)14-6-4-3-5-7-14/h3-10,17H,1-2H3,(H,20,21,23). The van der Waals surface area contributed by atoms with Crippen molar-refractivity contribution in [2.24, 2.45) is 5.10 Å². The maximum absolute atomic E-state index is 12.4. The summed E-state index contributed by atoms with van der Waals surface area (Å²) in [4.78, 5) is 23.2. The van der Waals surface area contributed by atoms with Gasteiger partial charge in [0.15, 0.2) is 10.9 Å². The molecule has 0 bridgehead atoms. The first kappa shape index (κ1) is 21.2. The van der Waals surface area contributed by atoms with E-state index in [2.05, 4.69) is 10.4 Å². The molecule has 1 atom stereocenters. The minimum atomic E-state index is -4.04. The minimum absolute atomic E-state index is 0.00240. The lowest BCUT2D eigenvalue weighted by Gasteiger charge is -2.20. The van der Waals surface area contributed by atoms with E-state index in [4.69, 9.17) is 15.8 Å². The SMILES string of the molecule is CC(=O)NC1=NN(C(C)=O)C(c2ccc(OS(=O)(=O)c3ccccc3)c(Cl)c2)S1. The molecule has 152 valence electrons. The van der Waals surface area contributed by atoms with E-state index >= 15 is 0 Å². The van der Waals surface area contributed by atoms with E-state index in [0.29, 0.717) is 5.56 Å². The van der Waals surface area contributed by atoms with E-state index in [1.807, 2.05) is 0 Å². The number of hydrazone groups is 1. The first-order chi connectivity index (χ1) is 13.7. The highest BCUT2D eigenvalue weighted by molar-refractivity contribution is 8.14. The van der Waals surface area contributed by atoms with Gasteiger partial charge in [-0.25, -0.2) is 5.01 Å². The van der Waals surface area contributed by atoms with Crippen LogP contribution in [0, 0.1) is 0 Å². The number of carbonyl (C=O) groups is 2. The second kappa shape index (κ2) is 8.44. The van der Waals surface area contributed by atoms with Crippen molar-refractivity contribution in [3.8, 4) is 5.75 Å². The van der Waals surface area contributed by atoms with E-state index in [-0.39, 0.29) is 32.6 Å². The average Bonchev–Trinajstić information content (AvgIpc) is 3.07. The minimum Gasteiger partial charge on any atom is -0.377 e. The van der Waals surface area contributed by atoms with Crippen molar-refractivity contribution in [1.82, 2.24) is 10.3 Å². The third-order valence-corrected chi connectivity index (χ3v) is 6.37. The van der Waals surface area contributed by atoms with Crippen LogP contribution in [-0.2, 0) is 19.7 Å². The van der Waals surface area contributed by atoms with Crippen molar-refractivity contribution in [3.05, 3.63) is 59.1 Å². The number of nitrogens with zero attached hydrogens (tertiary/aromatic N) is 2. The summed E-state index contributed by atoms with van der Waals surface area (Å²) in [5.74, 6) is -0.682. The predicted octanol–water partition coefficient (Wildman–Crippen LogP) is 3.11. The molecule has 2 aromatic carbocycles. The summed E-state index contributed by atoms with van der Waals surface area (Å²) in [6.07, 6.45) is 0. The Hall–Kier alpha value is -2.56. The summed E-state index contributed by atoms with van der Waals surface area (Å²) in [5.41, 5.74) is 0.587. The molecule has 0 saturated carbocycles. The highest BCUT2D eigenvalue weighted by Crippen LogP contribution is 2.41. The van der Waals surface area contributed by atoms with Crippen molar-refractivity contribution in [2.45, 2.75) is 24.1 Å². The van der Waals surface area contributed by atoms with E-state index < -0.39 is 15.5 Å². The number of hydrogen-bond acceptors (Lipinski definition) is 7. The summed E-state index contributed by atoms with van der Waals surface area (Å²) in [7, 11) is -4.04. The maximum Gasteiger partial charge on any atom is 0.339 e. The molecule has 2 aromatic rings. The van der Waals surface area contributed by atoms with Crippen molar-refractivity contribution in [2.75, 3.05) is 0 Å². The first-order valence-electron chi connectivity index (χ1n) is 8.29. The van der Waals surface area contributed by atoms with Gasteiger partial charge >= 0.3 is 10.1 Å². The predicted molar refractivity (Wildman–Crippen MR) is 110 cm³/mol. The van der Waals surface area contributed by atoms with Crippen LogP contribution in [0.4, 0.5) is 0 Å². The molecule has 0 radical (unpaired) electrons. The lowest BCUT2D eigenvalue weighted by molar-refractivity contribution is -0.129. The van der Waals surface area contributed by atoms with Gasteiger partial charge < -0.3 is 9.50 Å². The number of benzene rings is 2. The largest absolute Gasteiger partial charge is 0.377 e. The number of halogens is 1. The third kappa shape index (κ3) is 4.89. The van der Waals surface area contributed by atoms with Crippen molar-refractivity contribution in [1.29, 1.82) is 0 Å². The molecular weight excluding hydrogens is 438 g/mol. The molecule has 0 saturated heterocycles. The first-order valence-corrected chi connectivity index (χ1v) is 11.0. The van der Waals surface area contributed by atoms with Crippen molar-refractivity contribution in [3.63, 3.8) is 0 Å². The fraction of sp³-hybridized carbons (Fsp3) is 0.167. The molecule has 1 unspecified atom stereocenters. The summed E-state index contributed by atoms with van der Waals surface area (Å²) in [6, 6.07) is 12.2. The quantitative estimate of drug-likeness (QED) is 0.713. The maximum atomic E-state index is 12.4. The Labute approximate surface area is 177 Å². The average molecular weight is 454 g/mol. The van der Waals surface area contributed by atoms with E-state index in [0.717, 1.165) is 11.8 Å². The molecule has 2 amide bonds. The van der Waals surface area contributed by atoms with Crippen LogP contribution in [0.2, 0.25) is 5.02 Å². The van der Waals surface area contributed by atoms with Crippen LogP contribution in [0.5, 0.6) is 5.75 Å². The summed E-state index contributed by atoms with van der Waals surface area (Å²) < 4.78 is 29.9.